The summed E-state index contributed by atoms with van der Waals surface area (Å²) < 4.78 is 29.0. The van der Waals surface area contributed by atoms with Crippen molar-refractivity contribution in [3.8, 4) is 11.8 Å². The number of nitriles is 1. The fourth-order valence-electron chi connectivity index (χ4n) is 2.34. The summed E-state index contributed by atoms with van der Waals surface area (Å²) in [6, 6.07) is 13.0. The molecule has 0 fully saturated rings. The number of hydrogen-bond acceptors (Lipinski definition) is 3. The van der Waals surface area contributed by atoms with E-state index in [0.29, 0.717) is 27.6 Å². The lowest BCUT2D eigenvalue weighted by Crippen LogP contribution is -2.06. The van der Waals surface area contributed by atoms with Crippen LogP contribution in [0.15, 0.2) is 52.4 Å². The van der Waals surface area contributed by atoms with Crippen LogP contribution in [-0.4, -0.2) is 14.8 Å². The average Bonchev–Trinajstić information content (AvgIpc) is 2.85. The van der Waals surface area contributed by atoms with Crippen molar-refractivity contribution in [1.82, 2.24) is 9.55 Å². The van der Waals surface area contributed by atoms with Gasteiger partial charge in [0.15, 0.2) is 5.16 Å². The Labute approximate surface area is 144 Å². The predicted octanol–water partition coefficient (Wildman–Crippen LogP) is 5.36. The third kappa shape index (κ3) is 3.09. The molecule has 0 aliphatic heterocycles. The molecule has 3 aromatic rings. The van der Waals surface area contributed by atoms with Gasteiger partial charge in [-0.05, 0) is 39.8 Å². The molecule has 116 valence electrons. The summed E-state index contributed by atoms with van der Waals surface area (Å²) in [4.78, 5) is 4.06. The zero-order valence-electron chi connectivity index (χ0n) is 11.9. The predicted molar refractivity (Wildman–Crippen MR) is 90.0 cm³/mol. The number of rotatable bonds is 3. The van der Waals surface area contributed by atoms with E-state index in [4.69, 9.17) is 0 Å². The van der Waals surface area contributed by atoms with Crippen LogP contribution in [0.3, 0.4) is 0 Å². The molecule has 0 amide bonds. The molecule has 2 aromatic carbocycles. The SMILES string of the molecule is CC(F)(F)Sc1ncc(Br)n1-c1ccc(C#N)c2ccccc12. The summed E-state index contributed by atoms with van der Waals surface area (Å²) in [5, 5.41) is 8.05. The van der Waals surface area contributed by atoms with E-state index in [1.807, 2.05) is 24.3 Å². The molecule has 0 saturated carbocycles. The lowest BCUT2D eigenvalue weighted by atomic mass is 10.0. The van der Waals surface area contributed by atoms with E-state index >= 15 is 0 Å². The minimum atomic E-state index is -2.94. The Kier molecular flexibility index (Phi) is 4.13. The topological polar surface area (TPSA) is 41.6 Å². The third-order valence-electron chi connectivity index (χ3n) is 3.22. The van der Waals surface area contributed by atoms with Gasteiger partial charge in [-0.2, -0.15) is 14.0 Å². The van der Waals surface area contributed by atoms with Crippen molar-refractivity contribution in [2.75, 3.05) is 0 Å². The fraction of sp³-hybridized carbons (Fsp3) is 0.125. The van der Waals surface area contributed by atoms with Crippen molar-refractivity contribution < 1.29 is 8.78 Å². The summed E-state index contributed by atoms with van der Waals surface area (Å²) in [6.07, 6.45) is 1.49. The van der Waals surface area contributed by atoms with Crippen molar-refractivity contribution in [3.63, 3.8) is 0 Å². The number of halogens is 3. The van der Waals surface area contributed by atoms with E-state index in [0.717, 1.165) is 17.7 Å². The van der Waals surface area contributed by atoms with Crippen molar-refractivity contribution in [1.29, 1.82) is 5.26 Å². The van der Waals surface area contributed by atoms with Crippen LogP contribution >= 0.6 is 27.7 Å². The van der Waals surface area contributed by atoms with E-state index < -0.39 is 5.25 Å². The van der Waals surface area contributed by atoms with E-state index in [1.165, 1.54) is 6.20 Å². The number of alkyl halides is 2. The molecule has 0 unspecified atom stereocenters. The van der Waals surface area contributed by atoms with Crippen molar-refractivity contribution >= 4 is 38.5 Å². The van der Waals surface area contributed by atoms with Crippen LogP contribution in [0.2, 0.25) is 0 Å². The summed E-state index contributed by atoms with van der Waals surface area (Å²) >= 11 is 3.75. The van der Waals surface area contributed by atoms with Gasteiger partial charge in [-0.25, -0.2) is 4.98 Å². The van der Waals surface area contributed by atoms with Gasteiger partial charge < -0.3 is 0 Å². The number of aromatic nitrogens is 2. The molecular formula is C16H10BrF2N3S. The Hall–Kier alpha value is -1.91. The van der Waals surface area contributed by atoms with Gasteiger partial charge in [0.1, 0.15) is 4.60 Å². The minimum Gasteiger partial charge on any atom is -0.281 e. The maximum absolute atomic E-state index is 13.4. The van der Waals surface area contributed by atoms with Gasteiger partial charge in [-0.15, -0.1) is 0 Å². The molecule has 23 heavy (non-hydrogen) atoms. The lowest BCUT2D eigenvalue weighted by molar-refractivity contribution is 0.128. The van der Waals surface area contributed by atoms with Gasteiger partial charge in [0, 0.05) is 17.7 Å². The maximum atomic E-state index is 13.4. The van der Waals surface area contributed by atoms with Crippen LogP contribution in [0.4, 0.5) is 8.78 Å². The normalized spacial score (nSPS) is 11.6. The maximum Gasteiger partial charge on any atom is 0.298 e. The Balaban J connectivity index is 2.27. The van der Waals surface area contributed by atoms with Gasteiger partial charge in [-0.3, -0.25) is 4.57 Å². The lowest BCUT2D eigenvalue weighted by Gasteiger charge is -2.15. The second kappa shape index (κ2) is 5.95. The summed E-state index contributed by atoms with van der Waals surface area (Å²) in [5.74, 6) is 0. The molecular weight excluding hydrogens is 384 g/mol. The van der Waals surface area contributed by atoms with Crippen molar-refractivity contribution in [2.45, 2.75) is 17.3 Å². The molecule has 0 atom stereocenters. The highest BCUT2D eigenvalue weighted by molar-refractivity contribution is 9.10. The van der Waals surface area contributed by atoms with E-state index in [9.17, 15) is 14.0 Å². The van der Waals surface area contributed by atoms with Crippen LogP contribution in [0.25, 0.3) is 16.5 Å². The van der Waals surface area contributed by atoms with Crippen molar-refractivity contribution in [3.05, 3.63) is 52.8 Å². The minimum absolute atomic E-state index is 0.180. The first kappa shape index (κ1) is 16.0. The highest BCUT2D eigenvalue weighted by Crippen LogP contribution is 2.38. The number of benzene rings is 2. The summed E-state index contributed by atoms with van der Waals surface area (Å²) in [7, 11) is 0. The smallest absolute Gasteiger partial charge is 0.281 e. The van der Waals surface area contributed by atoms with E-state index in [2.05, 4.69) is 27.0 Å². The number of hydrogen-bond donors (Lipinski definition) is 0. The first-order valence-corrected chi connectivity index (χ1v) is 8.24. The third-order valence-corrected chi connectivity index (χ3v) is 4.61. The molecule has 0 N–H and O–H groups in total. The Morgan fingerprint density at radius 3 is 2.57 bits per heavy atom. The van der Waals surface area contributed by atoms with E-state index in [1.54, 1.807) is 16.7 Å². The zero-order chi connectivity index (χ0) is 16.6. The molecule has 0 aliphatic carbocycles. The average molecular weight is 394 g/mol. The molecule has 1 heterocycles. The number of fused-ring (bicyclic) bond motifs is 1. The molecule has 3 nitrogen and oxygen atoms in total. The molecule has 0 radical (unpaired) electrons. The standard InChI is InChI=1S/C16H10BrF2N3S/c1-16(18,19)23-15-21-9-14(17)22(15)13-7-6-10(8-20)11-4-2-3-5-12(11)13/h2-7,9H,1H3. The monoisotopic (exact) mass is 393 g/mol. The molecule has 0 bridgehead atoms. The molecule has 3 rings (SSSR count). The first-order valence-electron chi connectivity index (χ1n) is 6.63. The van der Waals surface area contributed by atoms with Crippen LogP contribution in [0.1, 0.15) is 12.5 Å². The molecule has 7 heteroatoms. The largest absolute Gasteiger partial charge is 0.298 e. The molecule has 1 aromatic heterocycles. The Morgan fingerprint density at radius 1 is 1.22 bits per heavy atom. The highest BCUT2D eigenvalue weighted by Gasteiger charge is 2.27. The van der Waals surface area contributed by atoms with Gasteiger partial charge in [0.05, 0.1) is 23.5 Å². The van der Waals surface area contributed by atoms with Crippen LogP contribution in [-0.2, 0) is 0 Å². The second-order valence-corrected chi connectivity index (χ2v) is 7.00. The number of nitrogens with zero attached hydrogens (tertiary/aromatic N) is 3. The van der Waals surface area contributed by atoms with Crippen molar-refractivity contribution in [2.24, 2.45) is 0 Å². The fourth-order valence-corrected chi connectivity index (χ4v) is 3.63. The number of thioether (sulfide) groups is 1. The van der Waals surface area contributed by atoms with Crippen LogP contribution in [0.5, 0.6) is 0 Å². The summed E-state index contributed by atoms with van der Waals surface area (Å²) in [5.41, 5.74) is 1.23. The second-order valence-electron chi connectivity index (χ2n) is 4.90. The summed E-state index contributed by atoms with van der Waals surface area (Å²) in [6.45, 7) is 0.835. The van der Waals surface area contributed by atoms with Crippen LogP contribution in [0, 0.1) is 11.3 Å². The molecule has 0 saturated heterocycles. The quantitative estimate of drug-likeness (QED) is 0.562. The Morgan fingerprint density at radius 2 is 1.91 bits per heavy atom. The van der Waals surface area contributed by atoms with Gasteiger partial charge in [0.25, 0.3) is 5.25 Å². The van der Waals surface area contributed by atoms with Crippen LogP contribution < -0.4 is 0 Å². The van der Waals surface area contributed by atoms with Gasteiger partial charge in [0.2, 0.25) is 0 Å². The van der Waals surface area contributed by atoms with Gasteiger partial charge in [-0.1, -0.05) is 24.3 Å². The zero-order valence-corrected chi connectivity index (χ0v) is 14.3. The number of imidazole rings is 1. The van der Waals surface area contributed by atoms with E-state index in [-0.39, 0.29) is 5.16 Å². The first-order chi connectivity index (χ1) is 10.9. The van der Waals surface area contributed by atoms with Gasteiger partial charge >= 0.3 is 0 Å². The highest BCUT2D eigenvalue weighted by atomic mass is 79.9. The Bertz CT molecular complexity index is 925. The molecule has 0 spiro atoms. The molecule has 0 aliphatic rings.